The topological polar surface area (TPSA) is 87.7 Å². The minimum absolute atomic E-state index is 0.104. The predicted octanol–water partition coefficient (Wildman–Crippen LogP) is 1.27. The average Bonchev–Trinajstić information content (AvgIpc) is 2.68. The summed E-state index contributed by atoms with van der Waals surface area (Å²) in [6.07, 6.45) is 3.57. The number of hydrogen-bond donors (Lipinski definition) is 2. The lowest BCUT2D eigenvalue weighted by Gasteiger charge is -2.54. The number of hydrogen-bond acceptors (Lipinski definition) is 5. The van der Waals surface area contributed by atoms with E-state index in [-0.39, 0.29) is 35.3 Å². The largest absolute Gasteiger partial charge is 0.495 e. The van der Waals surface area contributed by atoms with E-state index in [4.69, 9.17) is 4.74 Å². The lowest BCUT2D eigenvalue weighted by atomic mass is 9.72. The van der Waals surface area contributed by atoms with Crippen LogP contribution in [0.5, 0.6) is 5.75 Å². The molecule has 0 saturated carbocycles. The van der Waals surface area contributed by atoms with Crippen molar-refractivity contribution < 1.29 is 17.9 Å². The fraction of sp³-hybridized carbons (Fsp3) is 0.650. The molecule has 0 unspecified atom stereocenters. The van der Waals surface area contributed by atoms with E-state index in [0.717, 1.165) is 37.9 Å². The summed E-state index contributed by atoms with van der Waals surface area (Å²) in [5, 5.41) is 3.48. The van der Waals surface area contributed by atoms with E-state index in [1.807, 2.05) is 17.9 Å². The van der Waals surface area contributed by atoms with Gasteiger partial charge in [-0.2, -0.15) is 0 Å². The molecular formula is C20H29N3O4S. The number of carbonyl (C=O) groups is 1. The minimum Gasteiger partial charge on any atom is -0.495 e. The zero-order valence-electron chi connectivity index (χ0n) is 16.5. The van der Waals surface area contributed by atoms with E-state index in [9.17, 15) is 13.2 Å². The maximum atomic E-state index is 13.0. The van der Waals surface area contributed by atoms with Crippen LogP contribution in [0.1, 0.15) is 31.2 Å². The van der Waals surface area contributed by atoms with Gasteiger partial charge in [0.15, 0.2) is 0 Å². The molecular weight excluding hydrogens is 378 g/mol. The van der Waals surface area contributed by atoms with Crippen molar-refractivity contribution in [3.63, 3.8) is 0 Å². The molecule has 3 fully saturated rings. The van der Waals surface area contributed by atoms with Crippen LogP contribution in [0, 0.1) is 18.8 Å². The number of nitrogens with zero attached hydrogens (tertiary/aromatic N) is 1. The summed E-state index contributed by atoms with van der Waals surface area (Å²) in [4.78, 5) is 14.9. The third-order valence-corrected chi connectivity index (χ3v) is 7.94. The van der Waals surface area contributed by atoms with Crippen molar-refractivity contribution in [2.75, 3.05) is 26.7 Å². The highest BCUT2D eigenvalue weighted by Crippen LogP contribution is 2.39. The van der Waals surface area contributed by atoms with Crippen molar-refractivity contribution in [3.8, 4) is 5.75 Å². The van der Waals surface area contributed by atoms with Gasteiger partial charge in [0.2, 0.25) is 15.9 Å². The molecule has 0 aromatic heterocycles. The van der Waals surface area contributed by atoms with Gasteiger partial charge in [0.1, 0.15) is 10.6 Å². The fourth-order valence-corrected chi connectivity index (χ4v) is 6.47. The number of aryl methyl sites for hydroxylation is 1. The van der Waals surface area contributed by atoms with Crippen LogP contribution in [0.3, 0.4) is 0 Å². The van der Waals surface area contributed by atoms with Crippen LogP contribution < -0.4 is 14.8 Å². The maximum absolute atomic E-state index is 13.0. The summed E-state index contributed by atoms with van der Waals surface area (Å²) in [6.45, 7) is 3.86. The van der Waals surface area contributed by atoms with Crippen molar-refractivity contribution in [2.24, 2.45) is 11.8 Å². The van der Waals surface area contributed by atoms with E-state index < -0.39 is 10.0 Å². The Morgan fingerprint density at radius 3 is 2.86 bits per heavy atom. The highest BCUT2D eigenvalue weighted by molar-refractivity contribution is 7.89. The van der Waals surface area contributed by atoms with Crippen LogP contribution in [-0.4, -0.2) is 58.1 Å². The van der Waals surface area contributed by atoms with Gasteiger partial charge in [-0.05, 0) is 68.8 Å². The molecule has 28 heavy (non-hydrogen) atoms. The Kier molecular flexibility index (Phi) is 5.37. The van der Waals surface area contributed by atoms with E-state index in [0.29, 0.717) is 18.1 Å². The number of benzene rings is 1. The summed E-state index contributed by atoms with van der Waals surface area (Å²) in [6, 6.07) is 5.24. The number of fused-ring (bicyclic) bond motifs is 4. The first-order chi connectivity index (χ1) is 13.4. The highest BCUT2D eigenvalue weighted by Gasteiger charge is 2.47. The molecule has 1 aromatic carbocycles. The average molecular weight is 408 g/mol. The van der Waals surface area contributed by atoms with Crippen LogP contribution in [-0.2, 0) is 14.8 Å². The van der Waals surface area contributed by atoms with Crippen molar-refractivity contribution >= 4 is 15.9 Å². The normalized spacial score (nSPS) is 30.1. The number of sulfonamides is 1. The van der Waals surface area contributed by atoms with Gasteiger partial charge in [-0.1, -0.05) is 6.07 Å². The highest BCUT2D eigenvalue weighted by atomic mass is 32.2. The van der Waals surface area contributed by atoms with E-state index >= 15 is 0 Å². The number of ether oxygens (including phenoxy) is 1. The van der Waals surface area contributed by atoms with E-state index in [1.165, 1.54) is 7.11 Å². The molecule has 0 aliphatic carbocycles. The monoisotopic (exact) mass is 407 g/mol. The summed E-state index contributed by atoms with van der Waals surface area (Å²) >= 11 is 0. The molecule has 2 bridgehead atoms. The first-order valence-electron chi connectivity index (χ1n) is 10.1. The van der Waals surface area contributed by atoms with Crippen LogP contribution in [0.25, 0.3) is 0 Å². The third kappa shape index (κ3) is 3.53. The number of piperidine rings is 3. The Bertz CT molecular complexity index is 857. The summed E-state index contributed by atoms with van der Waals surface area (Å²) < 4.78 is 34.1. The number of carbonyl (C=O) groups excluding carboxylic acids is 1. The molecule has 154 valence electrons. The van der Waals surface area contributed by atoms with Gasteiger partial charge < -0.3 is 15.0 Å². The Hall–Kier alpha value is -1.64. The fourth-order valence-electron chi connectivity index (χ4n) is 5.16. The first kappa shape index (κ1) is 19.7. The Morgan fingerprint density at radius 2 is 2.07 bits per heavy atom. The number of nitrogens with one attached hydrogen (secondary N) is 2. The Balaban J connectivity index is 1.57. The number of amides is 1. The molecule has 4 atom stereocenters. The van der Waals surface area contributed by atoms with Crippen molar-refractivity contribution in [2.45, 2.75) is 49.6 Å². The van der Waals surface area contributed by atoms with Crippen LogP contribution in [0.4, 0.5) is 0 Å². The summed E-state index contributed by atoms with van der Waals surface area (Å²) in [7, 11) is -2.27. The molecule has 3 saturated heterocycles. The predicted molar refractivity (Wildman–Crippen MR) is 106 cm³/mol. The zero-order valence-corrected chi connectivity index (χ0v) is 17.3. The van der Waals surface area contributed by atoms with Gasteiger partial charge >= 0.3 is 0 Å². The molecule has 7 nitrogen and oxygen atoms in total. The van der Waals surface area contributed by atoms with Gasteiger partial charge in [0, 0.05) is 25.0 Å². The molecule has 3 aliphatic heterocycles. The molecule has 2 N–H and O–H groups in total. The Morgan fingerprint density at radius 1 is 1.29 bits per heavy atom. The lowest BCUT2D eigenvalue weighted by Crippen LogP contribution is -2.66. The van der Waals surface area contributed by atoms with Gasteiger partial charge in [0.05, 0.1) is 7.11 Å². The van der Waals surface area contributed by atoms with Gasteiger partial charge in [-0.15, -0.1) is 0 Å². The second-order valence-corrected chi connectivity index (χ2v) is 9.98. The van der Waals surface area contributed by atoms with E-state index in [2.05, 4.69) is 10.0 Å². The summed E-state index contributed by atoms with van der Waals surface area (Å²) in [5.74, 6) is 1.25. The SMILES string of the molecule is COc1ccc(C)cc1S(=O)(=O)NC[C@H]1[C@@H]2CNC[C@@H](C2)[C@@H]2CCCC(=O)N21. The summed E-state index contributed by atoms with van der Waals surface area (Å²) in [5.41, 5.74) is 0.851. The third-order valence-electron chi connectivity index (χ3n) is 6.49. The molecule has 8 heteroatoms. The number of rotatable bonds is 5. The minimum atomic E-state index is -3.74. The van der Waals surface area contributed by atoms with Gasteiger partial charge in [0.25, 0.3) is 0 Å². The van der Waals surface area contributed by atoms with Crippen molar-refractivity contribution in [1.82, 2.24) is 14.9 Å². The van der Waals surface area contributed by atoms with Crippen LogP contribution in [0.15, 0.2) is 23.1 Å². The quantitative estimate of drug-likeness (QED) is 0.768. The second kappa shape index (κ2) is 7.65. The number of methoxy groups -OCH3 is 1. The van der Waals surface area contributed by atoms with Crippen molar-refractivity contribution in [3.05, 3.63) is 23.8 Å². The standard InChI is InChI=1S/C20H29N3O4S/c1-13-6-7-18(27-2)19(8-13)28(25,26)22-12-17-15-9-14(10-21-11-15)16-4-3-5-20(24)23(16)17/h6-8,14-17,21-22H,3-5,9-12H2,1-2H3/t14-,15+,16+,17+/m1/s1. The molecule has 0 radical (unpaired) electrons. The maximum Gasteiger partial charge on any atom is 0.244 e. The molecule has 0 spiro atoms. The smallest absolute Gasteiger partial charge is 0.244 e. The first-order valence-corrected chi connectivity index (χ1v) is 11.5. The van der Waals surface area contributed by atoms with E-state index in [1.54, 1.807) is 12.1 Å². The molecule has 3 heterocycles. The second-order valence-electron chi connectivity index (χ2n) is 8.25. The lowest BCUT2D eigenvalue weighted by molar-refractivity contribution is -0.148. The molecule has 4 rings (SSSR count). The molecule has 1 amide bonds. The Labute approximate surface area is 166 Å². The molecule has 3 aliphatic rings. The molecule has 1 aromatic rings. The van der Waals surface area contributed by atoms with Gasteiger partial charge in [-0.25, -0.2) is 13.1 Å². The van der Waals surface area contributed by atoms with Gasteiger partial charge in [-0.3, -0.25) is 4.79 Å². The zero-order chi connectivity index (χ0) is 19.9. The van der Waals surface area contributed by atoms with Crippen LogP contribution in [0.2, 0.25) is 0 Å². The van der Waals surface area contributed by atoms with Crippen molar-refractivity contribution in [1.29, 1.82) is 0 Å². The van der Waals surface area contributed by atoms with Crippen LogP contribution >= 0.6 is 0 Å².